The van der Waals surface area contributed by atoms with Crippen molar-refractivity contribution >= 4 is 17.6 Å². The highest BCUT2D eigenvalue weighted by Gasteiger charge is 2.46. The molecule has 0 saturated heterocycles. The Morgan fingerprint density at radius 2 is 1.56 bits per heavy atom. The monoisotopic (exact) mass is 257 g/mol. The molecule has 0 fully saturated rings. The maximum Gasteiger partial charge on any atom is 0.394 e. The van der Waals surface area contributed by atoms with Gasteiger partial charge in [0, 0.05) is 6.42 Å². The standard InChI is InChI=1S/C10H18F3NOS/c1-8(2,3)16(15)14-7-6-9(4,5)10(11,12)13/h7H,6H2,1-5H3. The molecule has 0 aromatic rings. The van der Waals surface area contributed by atoms with Gasteiger partial charge in [0.15, 0.2) is 0 Å². The van der Waals surface area contributed by atoms with Gasteiger partial charge in [-0.05, 0) is 20.8 Å². The summed E-state index contributed by atoms with van der Waals surface area (Å²) in [6.45, 7) is 7.35. The smallest absolute Gasteiger partial charge is 0.394 e. The normalized spacial score (nSPS) is 16.8. The van der Waals surface area contributed by atoms with Gasteiger partial charge >= 0.3 is 6.18 Å². The molecule has 2 nitrogen and oxygen atoms in total. The highest BCUT2D eigenvalue weighted by Crippen LogP contribution is 2.39. The van der Waals surface area contributed by atoms with Gasteiger partial charge in [-0.2, -0.15) is 13.2 Å². The van der Waals surface area contributed by atoms with Crippen LogP contribution in [0.15, 0.2) is 4.40 Å². The predicted molar refractivity (Wildman–Crippen MR) is 60.8 cm³/mol. The van der Waals surface area contributed by atoms with Crippen LogP contribution in [0.3, 0.4) is 0 Å². The van der Waals surface area contributed by atoms with Gasteiger partial charge in [-0.3, -0.25) is 0 Å². The predicted octanol–water partition coefficient (Wildman–Crippen LogP) is 3.50. The molecule has 6 heteroatoms. The van der Waals surface area contributed by atoms with Gasteiger partial charge in [-0.25, -0.2) is 0 Å². The van der Waals surface area contributed by atoms with Crippen molar-refractivity contribution in [3.8, 4) is 0 Å². The Bertz CT molecular complexity index is 256. The molecule has 0 aliphatic rings. The average molecular weight is 257 g/mol. The number of alkyl halides is 3. The lowest BCUT2D eigenvalue weighted by atomic mass is 9.89. The maximum atomic E-state index is 12.5. The summed E-state index contributed by atoms with van der Waals surface area (Å²) < 4.78 is 51.9. The summed E-state index contributed by atoms with van der Waals surface area (Å²) in [7, 11) is 0. The van der Waals surface area contributed by atoms with E-state index in [1.165, 1.54) is 0 Å². The van der Waals surface area contributed by atoms with E-state index in [2.05, 4.69) is 4.40 Å². The van der Waals surface area contributed by atoms with Crippen LogP contribution in [-0.4, -0.2) is 21.7 Å². The summed E-state index contributed by atoms with van der Waals surface area (Å²) in [5.41, 5.74) is -1.83. The Balaban J connectivity index is 4.42. The summed E-state index contributed by atoms with van der Waals surface area (Å²) in [6.07, 6.45) is -3.44. The van der Waals surface area contributed by atoms with Gasteiger partial charge in [0.2, 0.25) is 0 Å². The molecule has 0 rings (SSSR count). The van der Waals surface area contributed by atoms with Gasteiger partial charge in [0.05, 0.1) is 11.6 Å². The molecule has 0 radical (unpaired) electrons. The first-order valence-corrected chi connectivity index (χ1v) is 6.00. The molecule has 0 heterocycles. The fraction of sp³-hybridized carbons (Fsp3) is 0.900. The molecule has 96 valence electrons. The van der Waals surface area contributed by atoms with Crippen molar-refractivity contribution in [3.63, 3.8) is 0 Å². The molecule has 16 heavy (non-hydrogen) atoms. The molecule has 0 N–H and O–H groups in total. The fourth-order valence-corrected chi connectivity index (χ4v) is 1.13. The lowest BCUT2D eigenvalue weighted by Gasteiger charge is -2.25. The second-order valence-electron chi connectivity index (χ2n) is 5.24. The molecule has 0 spiro atoms. The third-order valence-electron chi connectivity index (χ3n) is 2.06. The van der Waals surface area contributed by atoms with Crippen molar-refractivity contribution in [2.24, 2.45) is 9.81 Å². The highest BCUT2D eigenvalue weighted by molar-refractivity contribution is 7.91. The molecule has 0 aliphatic carbocycles. The molecular formula is C10H18F3NOS. The lowest BCUT2D eigenvalue weighted by Crippen LogP contribution is -2.32. The molecule has 0 bridgehead atoms. The van der Waals surface area contributed by atoms with Gasteiger partial charge in [-0.15, -0.1) is 0 Å². The number of nitrogens with zero attached hydrogens (tertiary/aromatic N) is 1. The van der Waals surface area contributed by atoms with E-state index in [-0.39, 0.29) is 6.42 Å². The van der Waals surface area contributed by atoms with Gasteiger partial charge in [0.1, 0.15) is 16.1 Å². The van der Waals surface area contributed by atoms with Crippen LogP contribution >= 0.6 is 0 Å². The molecule has 1 unspecified atom stereocenters. The van der Waals surface area contributed by atoms with Crippen molar-refractivity contribution in [3.05, 3.63) is 0 Å². The molecule has 0 aliphatic heterocycles. The van der Waals surface area contributed by atoms with Crippen molar-refractivity contribution in [1.29, 1.82) is 0 Å². The third kappa shape index (κ3) is 4.74. The van der Waals surface area contributed by atoms with Crippen LogP contribution in [0.2, 0.25) is 0 Å². The largest absolute Gasteiger partial charge is 0.591 e. The summed E-state index contributed by atoms with van der Waals surface area (Å²) in [4.78, 5) is 0. The van der Waals surface area contributed by atoms with Crippen molar-refractivity contribution < 1.29 is 17.7 Å². The van der Waals surface area contributed by atoms with Crippen LogP contribution in [0, 0.1) is 5.41 Å². The Labute approximate surface area is 97.6 Å². The Kier molecular flexibility index (Phi) is 4.89. The number of rotatable bonds is 3. The van der Waals surface area contributed by atoms with E-state index in [9.17, 15) is 17.7 Å². The zero-order chi connectivity index (χ0) is 13.2. The van der Waals surface area contributed by atoms with Gasteiger partial charge in [0.25, 0.3) is 0 Å². The van der Waals surface area contributed by atoms with Crippen molar-refractivity contribution in [2.45, 2.75) is 52.0 Å². The van der Waals surface area contributed by atoms with E-state index in [0.717, 1.165) is 20.1 Å². The lowest BCUT2D eigenvalue weighted by molar-refractivity contribution is -0.208. The minimum atomic E-state index is -4.28. The summed E-state index contributed by atoms with van der Waals surface area (Å²) >= 11 is -1.50. The van der Waals surface area contributed by atoms with Crippen LogP contribution in [0.4, 0.5) is 13.2 Å². The number of hydrogen-bond acceptors (Lipinski definition) is 2. The first-order chi connectivity index (χ1) is 6.88. The maximum absolute atomic E-state index is 12.5. The van der Waals surface area contributed by atoms with E-state index in [1.807, 2.05) is 0 Å². The van der Waals surface area contributed by atoms with Crippen molar-refractivity contribution in [1.82, 2.24) is 0 Å². The summed E-state index contributed by atoms with van der Waals surface area (Å²) in [5, 5.41) is 0. The molecule has 0 amide bonds. The van der Waals surface area contributed by atoms with Gasteiger partial charge < -0.3 is 4.55 Å². The minimum absolute atomic E-state index is 0.266. The van der Waals surface area contributed by atoms with E-state index < -0.39 is 27.7 Å². The number of hydrogen-bond donors (Lipinski definition) is 0. The van der Waals surface area contributed by atoms with Crippen molar-refractivity contribution in [2.75, 3.05) is 0 Å². The van der Waals surface area contributed by atoms with Crippen LogP contribution in [0.1, 0.15) is 41.0 Å². The summed E-state index contributed by atoms with van der Waals surface area (Å²) in [6, 6.07) is 0. The highest BCUT2D eigenvalue weighted by atomic mass is 32.2. The molecule has 0 aromatic carbocycles. The second kappa shape index (κ2) is 4.96. The Hall–Kier alpha value is -0.230. The minimum Gasteiger partial charge on any atom is -0.591 e. The average Bonchev–Trinajstić information content (AvgIpc) is 1.99. The molecular weight excluding hydrogens is 239 g/mol. The first kappa shape index (κ1) is 15.8. The van der Waals surface area contributed by atoms with Gasteiger partial charge in [-0.1, -0.05) is 18.2 Å². The molecule has 1 atom stereocenters. The van der Waals surface area contributed by atoms with E-state index in [4.69, 9.17) is 0 Å². The fourth-order valence-electron chi connectivity index (χ4n) is 0.607. The topological polar surface area (TPSA) is 35.4 Å². The van der Waals surface area contributed by atoms with E-state index >= 15 is 0 Å². The zero-order valence-corrected chi connectivity index (χ0v) is 11.0. The van der Waals surface area contributed by atoms with E-state index in [0.29, 0.717) is 0 Å². The quantitative estimate of drug-likeness (QED) is 0.563. The molecule has 0 saturated carbocycles. The van der Waals surface area contributed by atoms with Crippen LogP contribution in [-0.2, 0) is 11.4 Å². The number of halogens is 3. The Morgan fingerprint density at radius 3 is 1.88 bits per heavy atom. The van der Waals surface area contributed by atoms with E-state index in [1.54, 1.807) is 20.8 Å². The van der Waals surface area contributed by atoms with Crippen LogP contribution in [0.5, 0.6) is 0 Å². The SMILES string of the molecule is CC(C)(C)[S+]([O-])N=CCC(C)(C)C(F)(F)F. The third-order valence-corrected chi connectivity index (χ3v) is 3.45. The molecule has 0 aromatic heterocycles. The summed E-state index contributed by atoms with van der Waals surface area (Å²) in [5.74, 6) is 0. The first-order valence-electron chi connectivity index (χ1n) is 4.89. The Morgan fingerprint density at radius 1 is 1.12 bits per heavy atom. The zero-order valence-electron chi connectivity index (χ0n) is 10.2. The van der Waals surface area contributed by atoms with Crippen LogP contribution < -0.4 is 0 Å². The second-order valence-corrected chi connectivity index (χ2v) is 7.17. The van der Waals surface area contributed by atoms with Crippen LogP contribution in [0.25, 0.3) is 0 Å².